The lowest BCUT2D eigenvalue weighted by Crippen LogP contribution is -2.31. The number of benzene rings is 1. The van der Waals surface area contributed by atoms with Crippen LogP contribution in [0.5, 0.6) is 0 Å². The fraction of sp³-hybridized carbons (Fsp3) is 0.562. The highest BCUT2D eigenvalue weighted by Gasteiger charge is 2.08. The van der Waals surface area contributed by atoms with E-state index in [2.05, 4.69) is 16.6 Å². The number of halogens is 1. The minimum absolute atomic E-state index is 0.164. The number of likely N-dealkylation sites (tertiary alicyclic amines) is 1. The topological polar surface area (TPSA) is 15.3 Å². The van der Waals surface area contributed by atoms with Crippen LogP contribution in [0, 0.1) is 12.2 Å². The number of hydrogen-bond acceptors (Lipinski definition) is 2. The molecule has 0 saturated carbocycles. The van der Waals surface area contributed by atoms with Gasteiger partial charge in [0.2, 0.25) is 0 Å². The highest BCUT2D eigenvalue weighted by Crippen LogP contribution is 2.08. The zero-order valence-corrected chi connectivity index (χ0v) is 11.6. The van der Waals surface area contributed by atoms with E-state index in [1.165, 1.54) is 57.5 Å². The van der Waals surface area contributed by atoms with Crippen LogP contribution in [0.25, 0.3) is 0 Å². The zero-order chi connectivity index (χ0) is 13.3. The lowest BCUT2D eigenvalue weighted by atomic mass is 10.1. The molecule has 1 aromatic rings. The quantitative estimate of drug-likeness (QED) is 0.761. The third kappa shape index (κ3) is 5.70. The molecule has 19 heavy (non-hydrogen) atoms. The SMILES string of the molecule is Fc1ccc(CNCCCCN2CC[CH]CC2)cc1. The molecule has 1 radical (unpaired) electrons. The molecule has 1 aromatic carbocycles. The Bertz CT molecular complexity index is 344. The van der Waals surface area contributed by atoms with Gasteiger partial charge in [0.1, 0.15) is 5.82 Å². The summed E-state index contributed by atoms with van der Waals surface area (Å²) < 4.78 is 12.7. The Kier molecular flexibility index (Phi) is 6.31. The monoisotopic (exact) mass is 263 g/mol. The molecule has 1 aliphatic heterocycles. The van der Waals surface area contributed by atoms with E-state index < -0.39 is 0 Å². The van der Waals surface area contributed by atoms with Crippen molar-refractivity contribution in [2.24, 2.45) is 0 Å². The molecule has 0 bridgehead atoms. The summed E-state index contributed by atoms with van der Waals surface area (Å²) in [5.41, 5.74) is 1.15. The molecule has 0 aromatic heterocycles. The maximum absolute atomic E-state index is 12.7. The molecule has 1 aliphatic rings. The average Bonchev–Trinajstić information content (AvgIpc) is 2.46. The molecule has 1 N–H and O–H groups in total. The smallest absolute Gasteiger partial charge is 0.123 e. The predicted octanol–water partition coefficient (Wildman–Crippen LogP) is 3.00. The van der Waals surface area contributed by atoms with Crippen LogP contribution in [0.4, 0.5) is 4.39 Å². The van der Waals surface area contributed by atoms with Crippen molar-refractivity contribution in [2.45, 2.75) is 32.2 Å². The van der Waals surface area contributed by atoms with E-state index in [0.717, 1.165) is 18.7 Å². The van der Waals surface area contributed by atoms with E-state index in [0.29, 0.717) is 0 Å². The summed E-state index contributed by atoms with van der Waals surface area (Å²) in [6.45, 7) is 5.58. The fourth-order valence-corrected chi connectivity index (χ4v) is 2.45. The van der Waals surface area contributed by atoms with Crippen molar-refractivity contribution in [1.29, 1.82) is 0 Å². The van der Waals surface area contributed by atoms with Gasteiger partial charge >= 0.3 is 0 Å². The minimum atomic E-state index is -0.164. The van der Waals surface area contributed by atoms with Gasteiger partial charge in [0.05, 0.1) is 0 Å². The highest BCUT2D eigenvalue weighted by atomic mass is 19.1. The Morgan fingerprint density at radius 1 is 1.05 bits per heavy atom. The summed E-state index contributed by atoms with van der Waals surface area (Å²) in [7, 11) is 0. The molecule has 3 heteroatoms. The van der Waals surface area contributed by atoms with Gasteiger partial charge in [0.15, 0.2) is 0 Å². The second-order valence-corrected chi connectivity index (χ2v) is 5.22. The Labute approximate surface area is 116 Å². The van der Waals surface area contributed by atoms with Gasteiger partial charge in [-0.1, -0.05) is 12.1 Å². The molecule has 1 heterocycles. The number of nitrogens with zero attached hydrogens (tertiary/aromatic N) is 1. The van der Waals surface area contributed by atoms with Gasteiger partial charge in [-0.2, -0.15) is 0 Å². The van der Waals surface area contributed by atoms with Crippen LogP contribution >= 0.6 is 0 Å². The Morgan fingerprint density at radius 3 is 2.53 bits per heavy atom. The lowest BCUT2D eigenvalue weighted by molar-refractivity contribution is 0.249. The zero-order valence-electron chi connectivity index (χ0n) is 11.6. The van der Waals surface area contributed by atoms with Crippen molar-refractivity contribution in [1.82, 2.24) is 10.2 Å². The number of unbranched alkanes of at least 4 members (excludes halogenated alkanes) is 1. The summed E-state index contributed by atoms with van der Waals surface area (Å²) >= 11 is 0. The molecule has 0 unspecified atom stereocenters. The van der Waals surface area contributed by atoms with E-state index in [9.17, 15) is 4.39 Å². The second-order valence-electron chi connectivity index (χ2n) is 5.22. The van der Waals surface area contributed by atoms with Gasteiger partial charge in [-0.05, 0) is 76.0 Å². The van der Waals surface area contributed by atoms with Gasteiger partial charge in [-0.15, -0.1) is 0 Å². The molecule has 2 rings (SSSR count). The van der Waals surface area contributed by atoms with Crippen molar-refractivity contribution in [3.8, 4) is 0 Å². The third-order valence-corrected chi connectivity index (χ3v) is 3.62. The van der Waals surface area contributed by atoms with Crippen molar-refractivity contribution in [2.75, 3.05) is 26.2 Å². The molecule has 2 nitrogen and oxygen atoms in total. The Morgan fingerprint density at radius 2 is 1.79 bits per heavy atom. The Hall–Kier alpha value is -0.930. The summed E-state index contributed by atoms with van der Waals surface area (Å²) in [5.74, 6) is -0.164. The van der Waals surface area contributed by atoms with Crippen LogP contribution in [0.2, 0.25) is 0 Å². The first-order valence-electron chi connectivity index (χ1n) is 7.34. The molecule has 0 atom stereocenters. The van der Waals surface area contributed by atoms with Crippen LogP contribution in [-0.2, 0) is 6.54 Å². The molecular weight excluding hydrogens is 239 g/mol. The standard InChI is InChI=1S/C16H24FN2/c17-16-8-6-15(7-9-16)14-18-10-2-5-13-19-11-3-1-4-12-19/h1,6-9,18H,2-5,10-14H2. The van der Waals surface area contributed by atoms with Gasteiger partial charge < -0.3 is 10.2 Å². The molecule has 1 fully saturated rings. The predicted molar refractivity (Wildman–Crippen MR) is 77.3 cm³/mol. The summed E-state index contributed by atoms with van der Waals surface area (Å²) in [6.07, 6.45) is 7.37. The van der Waals surface area contributed by atoms with Gasteiger partial charge in [-0.25, -0.2) is 4.39 Å². The fourth-order valence-electron chi connectivity index (χ4n) is 2.45. The van der Waals surface area contributed by atoms with Crippen molar-refractivity contribution in [3.05, 3.63) is 42.1 Å². The number of hydrogen-bond donors (Lipinski definition) is 1. The van der Waals surface area contributed by atoms with E-state index in [1.807, 2.05) is 12.1 Å². The van der Waals surface area contributed by atoms with Crippen LogP contribution in [-0.4, -0.2) is 31.1 Å². The maximum atomic E-state index is 12.7. The van der Waals surface area contributed by atoms with Gasteiger partial charge in [0.25, 0.3) is 0 Å². The molecule has 0 amide bonds. The Balaban J connectivity index is 1.49. The first-order chi connectivity index (χ1) is 9.34. The van der Waals surface area contributed by atoms with E-state index in [-0.39, 0.29) is 5.82 Å². The number of rotatable bonds is 7. The minimum Gasteiger partial charge on any atom is -0.313 e. The molecule has 0 spiro atoms. The molecule has 105 valence electrons. The molecule has 0 aliphatic carbocycles. The first-order valence-corrected chi connectivity index (χ1v) is 7.34. The summed E-state index contributed by atoms with van der Waals surface area (Å²) in [6, 6.07) is 6.72. The molecular formula is C16H24FN2. The highest BCUT2D eigenvalue weighted by molar-refractivity contribution is 5.15. The average molecular weight is 263 g/mol. The largest absolute Gasteiger partial charge is 0.313 e. The lowest BCUT2D eigenvalue weighted by Gasteiger charge is -2.26. The maximum Gasteiger partial charge on any atom is 0.123 e. The molecule has 1 saturated heterocycles. The van der Waals surface area contributed by atoms with E-state index >= 15 is 0 Å². The van der Waals surface area contributed by atoms with Crippen LogP contribution in [0.3, 0.4) is 0 Å². The van der Waals surface area contributed by atoms with Crippen molar-refractivity contribution < 1.29 is 4.39 Å². The van der Waals surface area contributed by atoms with Crippen LogP contribution in [0.15, 0.2) is 24.3 Å². The van der Waals surface area contributed by atoms with E-state index in [1.54, 1.807) is 0 Å². The van der Waals surface area contributed by atoms with E-state index in [4.69, 9.17) is 0 Å². The van der Waals surface area contributed by atoms with Crippen molar-refractivity contribution in [3.63, 3.8) is 0 Å². The van der Waals surface area contributed by atoms with Crippen molar-refractivity contribution >= 4 is 0 Å². The van der Waals surface area contributed by atoms with Crippen LogP contribution < -0.4 is 5.32 Å². The first kappa shape index (κ1) is 14.5. The normalized spacial score (nSPS) is 16.7. The third-order valence-electron chi connectivity index (χ3n) is 3.62. The summed E-state index contributed by atoms with van der Waals surface area (Å²) in [5, 5.41) is 3.41. The number of piperidine rings is 1. The summed E-state index contributed by atoms with van der Waals surface area (Å²) in [4.78, 5) is 2.56. The van der Waals surface area contributed by atoms with Gasteiger partial charge in [-0.3, -0.25) is 0 Å². The van der Waals surface area contributed by atoms with Gasteiger partial charge in [0, 0.05) is 6.54 Å². The van der Waals surface area contributed by atoms with Crippen LogP contribution in [0.1, 0.15) is 31.2 Å². The second kappa shape index (κ2) is 8.28. The number of nitrogens with one attached hydrogen (secondary N) is 1.